The third kappa shape index (κ3) is 4.88. The first-order chi connectivity index (χ1) is 20.1. The van der Waals surface area contributed by atoms with Gasteiger partial charge >= 0.3 is 5.97 Å². The Morgan fingerprint density at radius 2 is 1.68 bits per heavy atom. The molecular weight excluding hydrogens is 512 g/mol. The number of nitrogens with zero attached hydrogens (tertiary/aromatic N) is 4. The number of methoxy groups -OCH3 is 1. The molecule has 7 nitrogen and oxygen atoms in total. The number of pyridine rings is 1. The maximum Gasteiger partial charge on any atom is 0.340 e. The van der Waals surface area contributed by atoms with Crippen molar-refractivity contribution in [2.24, 2.45) is 0 Å². The molecule has 0 aliphatic carbocycles. The highest BCUT2D eigenvalue weighted by Gasteiger charge is 2.20. The Morgan fingerprint density at radius 1 is 0.902 bits per heavy atom. The Bertz CT molecular complexity index is 1950. The molecule has 2 aromatic heterocycles. The summed E-state index contributed by atoms with van der Waals surface area (Å²) in [6.07, 6.45) is 1.87. The molecule has 6 rings (SSSR count). The monoisotopic (exact) mass is 538 g/mol. The first-order valence-electron chi connectivity index (χ1n) is 13.3. The van der Waals surface area contributed by atoms with Gasteiger partial charge in [0.15, 0.2) is 5.69 Å². The van der Waals surface area contributed by atoms with Gasteiger partial charge in [-0.15, -0.1) is 0 Å². The third-order valence-corrected chi connectivity index (χ3v) is 7.06. The van der Waals surface area contributed by atoms with Crippen molar-refractivity contribution in [3.8, 4) is 28.3 Å². The lowest BCUT2D eigenvalue weighted by Gasteiger charge is -2.13. The lowest BCUT2D eigenvalue weighted by Crippen LogP contribution is -2.09. The molecule has 0 bridgehead atoms. The van der Waals surface area contributed by atoms with Crippen LogP contribution in [-0.2, 0) is 11.3 Å². The van der Waals surface area contributed by atoms with Gasteiger partial charge in [0, 0.05) is 17.1 Å². The Morgan fingerprint density at radius 3 is 2.46 bits per heavy atom. The topological polar surface area (TPSA) is 70.6 Å². The molecular formula is C34H26N4O3. The highest BCUT2D eigenvalue weighted by molar-refractivity contribution is 6.02. The number of imidazole rings is 1. The number of hydrogen-bond acceptors (Lipinski definition) is 5. The average molecular weight is 539 g/mol. The summed E-state index contributed by atoms with van der Waals surface area (Å²) < 4.78 is 12.7. The molecule has 0 atom stereocenters. The predicted octanol–water partition coefficient (Wildman–Crippen LogP) is 7.70. The lowest BCUT2D eigenvalue weighted by molar-refractivity contribution is 0.0602. The van der Waals surface area contributed by atoms with Crippen molar-refractivity contribution in [2.45, 2.75) is 13.5 Å². The van der Waals surface area contributed by atoms with Crippen LogP contribution in [0.25, 0.3) is 49.0 Å². The molecule has 0 saturated carbocycles. The molecule has 0 unspecified atom stereocenters. The summed E-state index contributed by atoms with van der Waals surface area (Å²) >= 11 is 0. The number of carbonyl (C=O) groups excluding carboxylic acids is 1. The quantitative estimate of drug-likeness (QED) is 0.154. The van der Waals surface area contributed by atoms with Gasteiger partial charge in [-0.1, -0.05) is 66.7 Å². The number of para-hydroxylation sites is 2. The standard InChI is InChI=1S/C34H26N4O3/c1-4-41-34-37-31-11-7-9-27(33(39)40-3)32(31)38(34)21-22-12-14-23(15-13-22)28-19-24(16-17-30(28)35-2)26-18-25-8-5-6-10-29(25)36-20-26/h5-20H,4,21H2,1,3H3. The van der Waals surface area contributed by atoms with Gasteiger partial charge in [0.2, 0.25) is 0 Å². The fraction of sp³-hybridized carbons (Fsp3) is 0.118. The second-order valence-electron chi connectivity index (χ2n) is 9.54. The summed E-state index contributed by atoms with van der Waals surface area (Å²) in [4.78, 5) is 25.5. The van der Waals surface area contributed by atoms with Crippen molar-refractivity contribution in [1.29, 1.82) is 0 Å². The van der Waals surface area contributed by atoms with Crippen molar-refractivity contribution in [3.63, 3.8) is 0 Å². The van der Waals surface area contributed by atoms with E-state index in [2.05, 4.69) is 20.9 Å². The van der Waals surface area contributed by atoms with Crippen LogP contribution in [0.5, 0.6) is 6.01 Å². The van der Waals surface area contributed by atoms with Crippen LogP contribution in [0.3, 0.4) is 0 Å². The van der Waals surface area contributed by atoms with Crippen molar-refractivity contribution in [3.05, 3.63) is 120 Å². The molecule has 7 heteroatoms. The number of benzene rings is 4. The fourth-order valence-electron chi connectivity index (χ4n) is 5.07. The van der Waals surface area contributed by atoms with Crippen LogP contribution < -0.4 is 4.74 Å². The summed E-state index contributed by atoms with van der Waals surface area (Å²) in [5.74, 6) is -0.427. The summed E-state index contributed by atoms with van der Waals surface area (Å²) in [6, 6.07) is 29.9. The van der Waals surface area contributed by atoms with Crippen molar-refractivity contribution in [1.82, 2.24) is 14.5 Å². The number of rotatable bonds is 7. The van der Waals surface area contributed by atoms with Gasteiger partial charge in [0.1, 0.15) is 0 Å². The van der Waals surface area contributed by atoms with Gasteiger partial charge in [0.25, 0.3) is 6.01 Å². The van der Waals surface area contributed by atoms with E-state index < -0.39 is 5.97 Å². The van der Waals surface area contributed by atoms with Crippen LogP contribution in [0.2, 0.25) is 0 Å². The molecule has 200 valence electrons. The van der Waals surface area contributed by atoms with E-state index in [1.165, 1.54) is 7.11 Å². The zero-order valence-corrected chi connectivity index (χ0v) is 22.7. The van der Waals surface area contributed by atoms with Gasteiger partial charge in [-0.2, -0.15) is 4.98 Å². The average Bonchev–Trinajstić information content (AvgIpc) is 3.37. The van der Waals surface area contributed by atoms with E-state index in [4.69, 9.17) is 16.0 Å². The Kier molecular flexibility index (Phi) is 6.88. The Balaban J connectivity index is 1.36. The zero-order chi connectivity index (χ0) is 28.3. The zero-order valence-electron chi connectivity index (χ0n) is 22.7. The summed E-state index contributed by atoms with van der Waals surface area (Å²) in [5.41, 5.74) is 8.06. The molecule has 2 heterocycles. The molecule has 0 aliphatic heterocycles. The van der Waals surface area contributed by atoms with Gasteiger partial charge in [-0.3, -0.25) is 9.55 Å². The predicted molar refractivity (Wildman–Crippen MR) is 160 cm³/mol. The molecule has 0 N–H and O–H groups in total. The first kappa shape index (κ1) is 25.8. The van der Waals surface area contributed by atoms with Crippen LogP contribution in [-0.4, -0.2) is 34.2 Å². The molecule has 6 aromatic rings. The normalized spacial score (nSPS) is 11.0. The van der Waals surface area contributed by atoms with Crippen LogP contribution in [0.15, 0.2) is 97.2 Å². The minimum absolute atomic E-state index is 0.427. The molecule has 41 heavy (non-hydrogen) atoms. The maximum atomic E-state index is 12.5. The second-order valence-corrected chi connectivity index (χ2v) is 9.54. The van der Waals surface area contributed by atoms with E-state index in [-0.39, 0.29) is 0 Å². The number of hydrogen-bond donors (Lipinski definition) is 0. The highest BCUT2D eigenvalue weighted by Crippen LogP contribution is 2.36. The molecule has 0 radical (unpaired) electrons. The van der Waals surface area contributed by atoms with Crippen LogP contribution >= 0.6 is 0 Å². The van der Waals surface area contributed by atoms with Gasteiger partial charge in [0.05, 0.1) is 48.9 Å². The molecule has 0 spiro atoms. The summed E-state index contributed by atoms with van der Waals surface area (Å²) in [6.45, 7) is 10.5. The number of aromatic nitrogens is 3. The van der Waals surface area contributed by atoms with Crippen LogP contribution in [0.1, 0.15) is 22.8 Å². The van der Waals surface area contributed by atoms with Gasteiger partial charge < -0.3 is 9.47 Å². The largest absolute Gasteiger partial charge is 0.465 e. The van der Waals surface area contributed by atoms with E-state index in [9.17, 15) is 4.79 Å². The highest BCUT2D eigenvalue weighted by atomic mass is 16.5. The SMILES string of the molecule is [C-]#[N+]c1ccc(-c2cnc3ccccc3c2)cc1-c1ccc(Cn2c(OCC)nc3cccc(C(=O)OC)c32)cc1. The van der Waals surface area contributed by atoms with E-state index >= 15 is 0 Å². The van der Waals surface area contributed by atoms with E-state index in [1.807, 2.05) is 90.5 Å². The van der Waals surface area contributed by atoms with Gasteiger partial charge in [-0.05, 0) is 53.4 Å². The molecule has 0 fully saturated rings. The molecule has 4 aromatic carbocycles. The fourth-order valence-corrected chi connectivity index (χ4v) is 5.07. The second kappa shape index (κ2) is 10.9. The molecule has 0 aliphatic rings. The number of fused-ring (bicyclic) bond motifs is 2. The Labute approximate surface area is 237 Å². The summed E-state index contributed by atoms with van der Waals surface area (Å²) in [5, 5.41) is 1.07. The maximum absolute atomic E-state index is 12.5. The Hall–Kier alpha value is -5.48. The van der Waals surface area contributed by atoms with E-state index in [0.717, 1.165) is 38.7 Å². The molecule has 0 amide bonds. The van der Waals surface area contributed by atoms with E-state index in [1.54, 1.807) is 12.1 Å². The smallest absolute Gasteiger partial charge is 0.340 e. The third-order valence-electron chi connectivity index (χ3n) is 7.06. The van der Waals surface area contributed by atoms with Crippen molar-refractivity contribution in [2.75, 3.05) is 13.7 Å². The van der Waals surface area contributed by atoms with Gasteiger partial charge in [-0.25, -0.2) is 9.64 Å². The first-order valence-corrected chi connectivity index (χ1v) is 13.3. The minimum atomic E-state index is -0.427. The van der Waals surface area contributed by atoms with Crippen molar-refractivity contribution >= 4 is 33.6 Å². The molecule has 0 saturated heterocycles. The van der Waals surface area contributed by atoms with Crippen LogP contribution in [0, 0.1) is 6.57 Å². The van der Waals surface area contributed by atoms with E-state index in [0.29, 0.717) is 41.4 Å². The number of esters is 1. The minimum Gasteiger partial charge on any atom is -0.465 e. The summed E-state index contributed by atoms with van der Waals surface area (Å²) in [7, 11) is 1.37. The number of ether oxygens (including phenoxy) is 2. The van der Waals surface area contributed by atoms with Crippen LogP contribution in [0.4, 0.5) is 5.69 Å². The van der Waals surface area contributed by atoms with Crippen molar-refractivity contribution < 1.29 is 14.3 Å². The number of carbonyl (C=O) groups is 1. The lowest BCUT2D eigenvalue weighted by atomic mass is 9.97.